The Balaban J connectivity index is 2.05. The fourth-order valence-electron chi connectivity index (χ4n) is 2.84. The van der Waals surface area contributed by atoms with Gasteiger partial charge in [-0.3, -0.25) is 0 Å². The Morgan fingerprint density at radius 3 is 2.38 bits per heavy atom. The summed E-state index contributed by atoms with van der Waals surface area (Å²) in [5.74, 6) is 0.800. The quantitative estimate of drug-likeness (QED) is 0.788. The summed E-state index contributed by atoms with van der Waals surface area (Å²) in [5.41, 5.74) is 0. The van der Waals surface area contributed by atoms with Crippen LogP contribution in [0, 0.1) is 11.8 Å². The number of hydrogen-bond donors (Lipinski definition) is 0. The fraction of sp³-hybridized carbons (Fsp3) is 0.385. The van der Waals surface area contributed by atoms with Crippen LogP contribution in [0.3, 0.4) is 0 Å². The number of benzene rings is 1. The van der Waals surface area contributed by atoms with E-state index >= 15 is 0 Å². The number of hydrogen-bond acceptors (Lipinski definition) is 2. The molecule has 2 bridgehead atoms. The van der Waals surface area contributed by atoms with Crippen molar-refractivity contribution in [1.29, 1.82) is 0 Å². The average molecular weight is 234 g/mol. The highest BCUT2D eigenvalue weighted by Gasteiger charge is 2.39. The molecular formula is C13H14O2S. The Kier molecular flexibility index (Phi) is 2.18. The van der Waals surface area contributed by atoms with E-state index in [1.165, 1.54) is 6.42 Å². The summed E-state index contributed by atoms with van der Waals surface area (Å²) in [6, 6.07) is 8.76. The van der Waals surface area contributed by atoms with Gasteiger partial charge >= 0.3 is 0 Å². The van der Waals surface area contributed by atoms with Crippen molar-refractivity contribution in [2.45, 2.75) is 24.2 Å². The maximum Gasteiger partial charge on any atom is 0.202 e. The smallest absolute Gasteiger partial charge is 0.202 e. The van der Waals surface area contributed by atoms with Gasteiger partial charge in [-0.1, -0.05) is 24.3 Å². The lowest BCUT2D eigenvalue weighted by Crippen LogP contribution is -2.10. The number of allylic oxidation sites excluding steroid dienone is 2. The van der Waals surface area contributed by atoms with Crippen LogP contribution in [0.25, 0.3) is 0 Å². The summed E-state index contributed by atoms with van der Waals surface area (Å²) in [4.78, 5) is 1.11. The Morgan fingerprint density at radius 1 is 1.06 bits per heavy atom. The van der Waals surface area contributed by atoms with Gasteiger partial charge in [-0.25, -0.2) is 8.42 Å². The largest absolute Gasteiger partial charge is 0.219 e. The molecule has 0 saturated heterocycles. The molecule has 2 nitrogen and oxygen atoms in total. The maximum absolute atomic E-state index is 12.4. The molecule has 84 valence electrons. The van der Waals surface area contributed by atoms with Crippen molar-refractivity contribution in [1.82, 2.24) is 0 Å². The first-order valence-electron chi connectivity index (χ1n) is 5.70. The molecule has 0 N–H and O–H groups in total. The minimum absolute atomic E-state index is 0.287. The molecule has 0 radical (unpaired) electrons. The number of fused-ring (bicyclic) bond motifs is 2. The van der Waals surface area contributed by atoms with Crippen LogP contribution in [0.15, 0.2) is 46.2 Å². The van der Waals surface area contributed by atoms with E-state index in [0.717, 1.165) is 12.8 Å². The zero-order chi connectivity index (χ0) is 11.2. The third-order valence-corrected chi connectivity index (χ3v) is 5.62. The van der Waals surface area contributed by atoms with Crippen LogP contribution in [0.1, 0.15) is 19.3 Å². The topological polar surface area (TPSA) is 34.1 Å². The molecule has 3 heteroatoms. The molecule has 1 fully saturated rings. The van der Waals surface area contributed by atoms with Gasteiger partial charge in [0.15, 0.2) is 0 Å². The number of rotatable bonds is 2. The Labute approximate surface area is 95.9 Å². The Morgan fingerprint density at radius 2 is 1.81 bits per heavy atom. The van der Waals surface area contributed by atoms with Gasteiger partial charge in [0, 0.05) is 4.91 Å². The fourth-order valence-corrected chi connectivity index (χ4v) is 4.65. The summed E-state index contributed by atoms with van der Waals surface area (Å²) in [6.45, 7) is 0. The van der Waals surface area contributed by atoms with Crippen LogP contribution in [0.2, 0.25) is 0 Å². The SMILES string of the molecule is O=S(=O)(C1=C[C@H]2CC[C@@H]1C2)c1ccccc1. The molecule has 0 aromatic heterocycles. The van der Waals surface area contributed by atoms with Crippen molar-refractivity contribution in [3.8, 4) is 0 Å². The Hall–Kier alpha value is -1.09. The van der Waals surface area contributed by atoms with E-state index in [1.54, 1.807) is 24.3 Å². The summed E-state index contributed by atoms with van der Waals surface area (Å²) < 4.78 is 24.7. The van der Waals surface area contributed by atoms with E-state index in [1.807, 2.05) is 12.1 Å². The predicted octanol–water partition coefficient (Wildman–Crippen LogP) is 2.77. The highest BCUT2D eigenvalue weighted by molar-refractivity contribution is 7.95. The maximum atomic E-state index is 12.4. The molecule has 1 aromatic rings. The normalized spacial score (nSPS) is 28.1. The van der Waals surface area contributed by atoms with Crippen LogP contribution in [0.5, 0.6) is 0 Å². The van der Waals surface area contributed by atoms with Gasteiger partial charge < -0.3 is 0 Å². The second-order valence-electron chi connectivity index (χ2n) is 4.66. The van der Waals surface area contributed by atoms with E-state index in [9.17, 15) is 8.42 Å². The molecule has 0 aliphatic heterocycles. The van der Waals surface area contributed by atoms with Gasteiger partial charge in [0.2, 0.25) is 9.84 Å². The molecule has 2 atom stereocenters. The van der Waals surface area contributed by atoms with Gasteiger partial charge in [0.05, 0.1) is 4.90 Å². The average Bonchev–Trinajstić information content (AvgIpc) is 2.92. The van der Waals surface area contributed by atoms with Crippen molar-refractivity contribution in [3.05, 3.63) is 41.3 Å². The second kappa shape index (κ2) is 3.45. The minimum Gasteiger partial charge on any atom is -0.219 e. The zero-order valence-corrected chi connectivity index (χ0v) is 9.78. The van der Waals surface area contributed by atoms with Gasteiger partial charge in [0.1, 0.15) is 0 Å². The standard InChI is InChI=1S/C13H14O2S/c14-16(15,12-4-2-1-3-5-12)13-9-10-6-7-11(13)8-10/h1-5,9-11H,6-8H2/t10-,11+/m0/s1. The second-order valence-corrected chi connectivity index (χ2v) is 6.61. The summed E-state index contributed by atoms with van der Waals surface area (Å²) in [6.07, 6.45) is 5.24. The first-order valence-corrected chi connectivity index (χ1v) is 7.18. The predicted molar refractivity (Wildman–Crippen MR) is 62.5 cm³/mol. The summed E-state index contributed by atoms with van der Waals surface area (Å²) >= 11 is 0. The highest BCUT2D eigenvalue weighted by atomic mass is 32.2. The first kappa shape index (κ1) is 10.1. The lowest BCUT2D eigenvalue weighted by atomic mass is 10.1. The van der Waals surface area contributed by atoms with Crippen LogP contribution < -0.4 is 0 Å². The number of sulfone groups is 1. The van der Waals surface area contributed by atoms with Gasteiger partial charge in [-0.05, 0) is 43.2 Å². The van der Waals surface area contributed by atoms with E-state index < -0.39 is 9.84 Å². The lowest BCUT2D eigenvalue weighted by Gasteiger charge is -2.13. The molecule has 0 unspecified atom stereocenters. The Bertz CT molecular complexity index is 528. The van der Waals surface area contributed by atoms with E-state index in [2.05, 4.69) is 0 Å². The molecule has 2 aliphatic carbocycles. The summed E-state index contributed by atoms with van der Waals surface area (Å²) in [7, 11) is -3.21. The molecule has 0 heterocycles. The minimum atomic E-state index is -3.21. The molecule has 2 aliphatic rings. The van der Waals surface area contributed by atoms with E-state index in [4.69, 9.17) is 0 Å². The van der Waals surface area contributed by atoms with E-state index in [-0.39, 0.29) is 5.92 Å². The van der Waals surface area contributed by atoms with Crippen molar-refractivity contribution < 1.29 is 8.42 Å². The molecule has 16 heavy (non-hydrogen) atoms. The zero-order valence-electron chi connectivity index (χ0n) is 8.96. The van der Waals surface area contributed by atoms with Crippen LogP contribution >= 0.6 is 0 Å². The van der Waals surface area contributed by atoms with Gasteiger partial charge in [0.25, 0.3) is 0 Å². The molecular weight excluding hydrogens is 220 g/mol. The van der Waals surface area contributed by atoms with Gasteiger partial charge in [-0.15, -0.1) is 0 Å². The van der Waals surface area contributed by atoms with E-state index in [0.29, 0.717) is 15.7 Å². The monoisotopic (exact) mass is 234 g/mol. The molecule has 1 saturated carbocycles. The van der Waals surface area contributed by atoms with Crippen LogP contribution in [-0.4, -0.2) is 8.42 Å². The van der Waals surface area contributed by atoms with Crippen molar-refractivity contribution >= 4 is 9.84 Å². The van der Waals surface area contributed by atoms with Crippen LogP contribution in [0.4, 0.5) is 0 Å². The molecule has 3 rings (SSSR count). The third-order valence-electron chi connectivity index (χ3n) is 3.64. The molecule has 1 aromatic carbocycles. The third kappa shape index (κ3) is 1.42. The first-order chi connectivity index (χ1) is 7.68. The highest BCUT2D eigenvalue weighted by Crippen LogP contribution is 2.47. The van der Waals surface area contributed by atoms with Crippen molar-refractivity contribution in [3.63, 3.8) is 0 Å². The van der Waals surface area contributed by atoms with Gasteiger partial charge in [-0.2, -0.15) is 0 Å². The van der Waals surface area contributed by atoms with Crippen LogP contribution in [-0.2, 0) is 9.84 Å². The van der Waals surface area contributed by atoms with Crippen molar-refractivity contribution in [2.24, 2.45) is 11.8 Å². The van der Waals surface area contributed by atoms with Crippen molar-refractivity contribution in [2.75, 3.05) is 0 Å². The lowest BCUT2D eigenvalue weighted by molar-refractivity contribution is 0.588. The molecule has 0 amide bonds. The summed E-state index contributed by atoms with van der Waals surface area (Å²) in [5, 5.41) is 0. The molecule has 0 spiro atoms.